The van der Waals surface area contributed by atoms with Gasteiger partial charge in [-0.25, -0.2) is 9.78 Å². The standard InChI is InChI=1S/C25H18N4O4S/c1-33-17-6-3-15(4-7-17)24(30)18(10-14-2-8-19-21(11-14)27-13-26-19)23(25(31)32)16-5-9-20-22(12-16)29-34-28-20/h2-9,11-13H,10H2,1H3,(H,26,27)(H,31,32). The van der Waals surface area contributed by atoms with Crippen molar-refractivity contribution in [3.05, 3.63) is 89.3 Å². The van der Waals surface area contributed by atoms with Crippen LogP contribution in [0.3, 0.4) is 0 Å². The molecule has 168 valence electrons. The fraction of sp³-hybridized carbons (Fsp3) is 0.0800. The molecule has 2 aromatic heterocycles. The Morgan fingerprint density at radius 1 is 0.941 bits per heavy atom. The highest BCUT2D eigenvalue weighted by Gasteiger charge is 2.24. The van der Waals surface area contributed by atoms with Crippen LogP contribution < -0.4 is 4.74 Å². The Kier molecular flexibility index (Phi) is 5.60. The molecule has 2 N–H and O–H groups in total. The molecule has 0 aliphatic carbocycles. The van der Waals surface area contributed by atoms with Gasteiger partial charge in [-0.15, -0.1) is 0 Å². The summed E-state index contributed by atoms with van der Waals surface area (Å²) in [5.74, 6) is -0.963. The van der Waals surface area contributed by atoms with Gasteiger partial charge in [0.05, 0.1) is 41.8 Å². The monoisotopic (exact) mass is 470 g/mol. The Balaban J connectivity index is 1.68. The van der Waals surface area contributed by atoms with Crippen LogP contribution in [0, 0.1) is 0 Å². The van der Waals surface area contributed by atoms with Gasteiger partial charge in [-0.1, -0.05) is 12.1 Å². The lowest BCUT2D eigenvalue weighted by molar-refractivity contribution is -0.130. The number of aromatic nitrogens is 4. The zero-order valence-corrected chi connectivity index (χ0v) is 18.8. The van der Waals surface area contributed by atoms with Gasteiger partial charge in [0.25, 0.3) is 0 Å². The molecule has 0 saturated carbocycles. The predicted octanol–water partition coefficient (Wildman–Crippen LogP) is 4.54. The van der Waals surface area contributed by atoms with Gasteiger partial charge in [0.15, 0.2) is 5.78 Å². The number of imidazole rings is 1. The maximum atomic E-state index is 13.7. The van der Waals surface area contributed by atoms with E-state index in [0.29, 0.717) is 27.9 Å². The number of methoxy groups -OCH3 is 1. The first kappa shape index (κ1) is 21.5. The molecule has 3 aromatic carbocycles. The van der Waals surface area contributed by atoms with Crippen LogP contribution >= 0.6 is 11.7 Å². The van der Waals surface area contributed by atoms with E-state index in [-0.39, 0.29) is 23.4 Å². The van der Waals surface area contributed by atoms with Gasteiger partial charge in [-0.05, 0) is 59.7 Å². The second-order valence-electron chi connectivity index (χ2n) is 7.61. The van der Waals surface area contributed by atoms with Crippen LogP contribution in [-0.2, 0) is 11.2 Å². The minimum atomic E-state index is -1.19. The average molecular weight is 471 g/mol. The van der Waals surface area contributed by atoms with Crippen LogP contribution in [0.15, 0.2) is 72.6 Å². The fourth-order valence-electron chi connectivity index (χ4n) is 3.86. The molecule has 0 bridgehead atoms. The highest BCUT2D eigenvalue weighted by atomic mass is 32.1. The molecule has 0 spiro atoms. The van der Waals surface area contributed by atoms with Gasteiger partial charge in [0, 0.05) is 17.6 Å². The summed E-state index contributed by atoms with van der Waals surface area (Å²) in [4.78, 5) is 33.5. The number of Topliss-reactive ketones (excluding diaryl/α,β-unsaturated/α-hetero) is 1. The van der Waals surface area contributed by atoms with Gasteiger partial charge >= 0.3 is 5.97 Å². The van der Waals surface area contributed by atoms with Gasteiger partial charge in [-0.3, -0.25) is 4.79 Å². The summed E-state index contributed by atoms with van der Waals surface area (Å²) in [6.45, 7) is 0. The number of ether oxygens (including phenoxy) is 1. The van der Waals surface area contributed by atoms with Crippen molar-refractivity contribution < 1.29 is 19.4 Å². The van der Waals surface area contributed by atoms with Gasteiger partial charge in [0.1, 0.15) is 16.8 Å². The van der Waals surface area contributed by atoms with Crippen molar-refractivity contribution >= 4 is 51.1 Å². The molecule has 0 atom stereocenters. The predicted molar refractivity (Wildman–Crippen MR) is 129 cm³/mol. The van der Waals surface area contributed by atoms with E-state index in [1.165, 1.54) is 0 Å². The van der Waals surface area contributed by atoms with Gasteiger partial charge < -0.3 is 14.8 Å². The van der Waals surface area contributed by atoms with Crippen LogP contribution in [0.5, 0.6) is 5.75 Å². The first-order chi connectivity index (χ1) is 16.5. The number of aliphatic carboxylic acids is 1. The van der Waals surface area contributed by atoms with Crippen LogP contribution in [0.25, 0.3) is 27.6 Å². The van der Waals surface area contributed by atoms with Crippen molar-refractivity contribution in [3.8, 4) is 5.75 Å². The molecule has 2 heterocycles. The molecular weight excluding hydrogens is 452 g/mol. The first-order valence-electron chi connectivity index (χ1n) is 10.3. The molecule has 0 aliphatic rings. The minimum Gasteiger partial charge on any atom is -0.497 e. The number of carboxylic acid groups (broad SMARTS) is 1. The lowest BCUT2D eigenvalue weighted by Gasteiger charge is -2.13. The lowest BCUT2D eigenvalue weighted by atomic mass is 9.89. The molecule has 0 amide bonds. The third kappa shape index (κ3) is 4.04. The van der Waals surface area contributed by atoms with Gasteiger partial charge in [0.2, 0.25) is 0 Å². The highest BCUT2D eigenvalue weighted by molar-refractivity contribution is 7.00. The molecule has 0 fully saturated rings. The number of rotatable bonds is 7. The number of allylic oxidation sites excluding steroid dienone is 1. The molecular formula is C25H18N4O4S. The number of carboxylic acids is 1. The summed E-state index contributed by atoms with van der Waals surface area (Å²) in [5.41, 5.74) is 4.49. The number of hydrogen-bond acceptors (Lipinski definition) is 7. The van der Waals surface area contributed by atoms with E-state index in [9.17, 15) is 14.7 Å². The maximum absolute atomic E-state index is 13.7. The summed E-state index contributed by atoms with van der Waals surface area (Å²) < 4.78 is 13.6. The Bertz CT molecular complexity index is 1570. The Labute approximate surface area is 197 Å². The first-order valence-corrected chi connectivity index (χ1v) is 11.1. The minimum absolute atomic E-state index is 0.0691. The summed E-state index contributed by atoms with van der Waals surface area (Å²) in [6.07, 6.45) is 1.71. The molecule has 0 radical (unpaired) electrons. The summed E-state index contributed by atoms with van der Waals surface area (Å²) >= 11 is 1.05. The molecule has 5 aromatic rings. The van der Waals surface area contributed by atoms with E-state index in [1.807, 2.05) is 18.2 Å². The van der Waals surface area contributed by atoms with E-state index >= 15 is 0 Å². The normalized spacial score (nSPS) is 12.0. The number of carbonyl (C=O) groups is 2. The van der Waals surface area contributed by atoms with Crippen LogP contribution in [0.2, 0.25) is 0 Å². The number of benzene rings is 3. The number of fused-ring (bicyclic) bond motifs is 2. The smallest absolute Gasteiger partial charge is 0.336 e. The van der Waals surface area contributed by atoms with Crippen molar-refractivity contribution in [1.29, 1.82) is 0 Å². The SMILES string of the molecule is COc1ccc(C(=O)C(Cc2ccc3nc[nH]c3c2)=C(C(=O)O)c2ccc3nsnc3c2)cc1. The second kappa shape index (κ2) is 8.87. The number of nitrogens with one attached hydrogen (secondary N) is 1. The van der Waals surface area contributed by atoms with E-state index in [4.69, 9.17) is 4.74 Å². The van der Waals surface area contributed by atoms with Crippen molar-refractivity contribution in [2.45, 2.75) is 6.42 Å². The molecule has 0 saturated heterocycles. The Morgan fingerprint density at radius 2 is 1.68 bits per heavy atom. The Morgan fingerprint density at radius 3 is 2.44 bits per heavy atom. The number of ketones is 1. The molecule has 0 unspecified atom stereocenters. The summed E-state index contributed by atoms with van der Waals surface area (Å²) in [5, 5.41) is 10.2. The highest BCUT2D eigenvalue weighted by Crippen LogP contribution is 2.29. The van der Waals surface area contributed by atoms with E-state index in [0.717, 1.165) is 28.3 Å². The second-order valence-corrected chi connectivity index (χ2v) is 8.14. The topological polar surface area (TPSA) is 118 Å². The third-order valence-corrected chi connectivity index (χ3v) is 6.11. The lowest BCUT2D eigenvalue weighted by Crippen LogP contribution is -2.14. The molecule has 9 heteroatoms. The fourth-order valence-corrected chi connectivity index (χ4v) is 4.38. The number of H-pyrrole nitrogens is 1. The summed E-state index contributed by atoms with van der Waals surface area (Å²) in [6, 6.07) is 17.2. The van der Waals surface area contributed by atoms with Gasteiger partial charge in [-0.2, -0.15) is 8.75 Å². The Hall–Kier alpha value is -4.37. The number of aromatic amines is 1. The quantitative estimate of drug-likeness (QED) is 0.265. The zero-order chi connectivity index (χ0) is 23.7. The molecule has 34 heavy (non-hydrogen) atoms. The van der Waals surface area contributed by atoms with Crippen LogP contribution in [0.1, 0.15) is 21.5 Å². The van der Waals surface area contributed by atoms with E-state index in [2.05, 4.69) is 18.7 Å². The molecule has 0 aliphatic heterocycles. The zero-order valence-electron chi connectivity index (χ0n) is 18.0. The van der Waals surface area contributed by atoms with E-state index < -0.39 is 5.97 Å². The third-order valence-electron chi connectivity index (χ3n) is 5.55. The molecule has 5 rings (SSSR count). The van der Waals surface area contributed by atoms with Crippen molar-refractivity contribution in [1.82, 2.24) is 18.7 Å². The van der Waals surface area contributed by atoms with Crippen molar-refractivity contribution in [2.24, 2.45) is 0 Å². The van der Waals surface area contributed by atoms with Crippen LogP contribution in [0.4, 0.5) is 0 Å². The molecule has 8 nitrogen and oxygen atoms in total. The largest absolute Gasteiger partial charge is 0.497 e. The van der Waals surface area contributed by atoms with Crippen molar-refractivity contribution in [2.75, 3.05) is 7.11 Å². The maximum Gasteiger partial charge on any atom is 0.336 e. The van der Waals surface area contributed by atoms with Crippen molar-refractivity contribution in [3.63, 3.8) is 0 Å². The average Bonchev–Trinajstić information content (AvgIpc) is 3.51. The number of nitrogens with zero attached hydrogens (tertiary/aromatic N) is 3. The van der Waals surface area contributed by atoms with E-state index in [1.54, 1.807) is 55.9 Å². The number of hydrogen-bond donors (Lipinski definition) is 2. The summed E-state index contributed by atoms with van der Waals surface area (Å²) in [7, 11) is 1.54. The van der Waals surface area contributed by atoms with Crippen LogP contribution in [-0.4, -0.2) is 42.7 Å². The number of carbonyl (C=O) groups excluding carboxylic acids is 1.